The monoisotopic (exact) mass is 216 g/mol. The third-order valence-corrected chi connectivity index (χ3v) is 4.84. The van der Waals surface area contributed by atoms with Crippen molar-refractivity contribution in [2.24, 2.45) is 0 Å². The molecule has 1 aliphatic rings. The highest BCUT2D eigenvalue weighted by molar-refractivity contribution is 7.74. The SMILES string of the molecule is O=P1(O)c2ccccc2-c2ccccc21. The lowest BCUT2D eigenvalue weighted by molar-refractivity contribution is 0.502. The summed E-state index contributed by atoms with van der Waals surface area (Å²) >= 11 is 0. The Morgan fingerprint density at radius 3 is 1.67 bits per heavy atom. The fourth-order valence-electron chi connectivity index (χ4n) is 2.06. The normalized spacial score (nSPS) is 15.8. The zero-order valence-electron chi connectivity index (χ0n) is 7.92. The minimum atomic E-state index is -3.32. The summed E-state index contributed by atoms with van der Waals surface area (Å²) < 4.78 is 12.2. The topological polar surface area (TPSA) is 37.3 Å². The van der Waals surface area contributed by atoms with Gasteiger partial charge < -0.3 is 4.89 Å². The van der Waals surface area contributed by atoms with Crippen LogP contribution in [-0.4, -0.2) is 4.89 Å². The molecule has 0 saturated heterocycles. The molecule has 0 aromatic heterocycles. The largest absolute Gasteiger partial charge is 0.338 e. The average molecular weight is 216 g/mol. The van der Waals surface area contributed by atoms with E-state index in [-0.39, 0.29) is 0 Å². The van der Waals surface area contributed by atoms with Gasteiger partial charge in [0.15, 0.2) is 0 Å². The summed E-state index contributed by atoms with van der Waals surface area (Å²) in [7, 11) is -3.32. The summed E-state index contributed by atoms with van der Waals surface area (Å²) in [6.07, 6.45) is 0. The van der Waals surface area contributed by atoms with E-state index in [1.54, 1.807) is 24.3 Å². The van der Waals surface area contributed by atoms with Crippen LogP contribution in [0.25, 0.3) is 11.1 Å². The number of fused-ring (bicyclic) bond motifs is 3. The van der Waals surface area contributed by atoms with Crippen LogP contribution in [0, 0.1) is 0 Å². The molecule has 3 heteroatoms. The van der Waals surface area contributed by atoms with Crippen molar-refractivity contribution in [2.45, 2.75) is 0 Å². The Balaban J connectivity index is 2.47. The fraction of sp³-hybridized carbons (Fsp3) is 0. The number of benzene rings is 2. The van der Waals surface area contributed by atoms with Crippen molar-refractivity contribution in [2.75, 3.05) is 0 Å². The first kappa shape index (κ1) is 8.90. The van der Waals surface area contributed by atoms with Gasteiger partial charge in [-0.05, 0) is 23.3 Å². The van der Waals surface area contributed by atoms with Gasteiger partial charge in [-0.1, -0.05) is 36.4 Å². The van der Waals surface area contributed by atoms with Crippen LogP contribution in [0.2, 0.25) is 0 Å². The molecule has 0 unspecified atom stereocenters. The fourth-order valence-corrected chi connectivity index (χ4v) is 3.94. The van der Waals surface area contributed by atoms with E-state index < -0.39 is 7.37 Å². The smallest absolute Gasteiger partial charge is 0.259 e. The van der Waals surface area contributed by atoms with E-state index in [1.807, 2.05) is 24.3 Å². The third kappa shape index (κ3) is 1.06. The minimum Gasteiger partial charge on any atom is -0.338 e. The first-order valence-corrected chi connectivity index (χ1v) is 6.39. The maximum atomic E-state index is 12.2. The minimum absolute atomic E-state index is 0.561. The highest BCUT2D eigenvalue weighted by atomic mass is 31.2. The maximum Gasteiger partial charge on any atom is 0.259 e. The van der Waals surface area contributed by atoms with E-state index in [4.69, 9.17) is 0 Å². The first-order valence-electron chi connectivity index (χ1n) is 4.73. The second-order valence-corrected chi connectivity index (χ2v) is 5.73. The summed E-state index contributed by atoms with van der Waals surface area (Å²) in [5, 5.41) is 1.12. The molecule has 2 aromatic rings. The maximum absolute atomic E-state index is 12.2. The second kappa shape index (κ2) is 2.82. The summed E-state index contributed by atoms with van der Waals surface area (Å²) in [5.74, 6) is 0. The lowest BCUT2D eigenvalue weighted by atomic mass is 10.1. The molecule has 1 aliphatic heterocycles. The summed E-state index contributed by atoms with van der Waals surface area (Å²) in [6, 6.07) is 14.6. The van der Waals surface area contributed by atoms with Gasteiger partial charge in [0.05, 0.1) is 0 Å². The zero-order valence-corrected chi connectivity index (χ0v) is 8.82. The Kier molecular flexibility index (Phi) is 1.67. The Hall–Kier alpha value is -1.37. The molecule has 0 saturated carbocycles. The molecule has 3 rings (SSSR count). The van der Waals surface area contributed by atoms with Gasteiger partial charge in [-0.3, -0.25) is 4.57 Å². The van der Waals surface area contributed by atoms with Crippen molar-refractivity contribution in [1.82, 2.24) is 0 Å². The van der Waals surface area contributed by atoms with Gasteiger partial charge in [-0.15, -0.1) is 0 Å². The van der Waals surface area contributed by atoms with E-state index in [2.05, 4.69) is 0 Å². The third-order valence-electron chi connectivity index (χ3n) is 2.75. The van der Waals surface area contributed by atoms with Gasteiger partial charge in [0.2, 0.25) is 0 Å². The van der Waals surface area contributed by atoms with Gasteiger partial charge in [0.1, 0.15) is 0 Å². The molecule has 0 fully saturated rings. The summed E-state index contributed by atoms with van der Waals surface area (Å²) in [6.45, 7) is 0. The van der Waals surface area contributed by atoms with Gasteiger partial charge in [-0.25, -0.2) is 0 Å². The lowest BCUT2D eigenvalue weighted by Crippen LogP contribution is -2.08. The number of hydrogen-bond donors (Lipinski definition) is 1. The Morgan fingerprint density at radius 1 is 0.800 bits per heavy atom. The second-order valence-electron chi connectivity index (χ2n) is 3.61. The van der Waals surface area contributed by atoms with Crippen LogP contribution in [-0.2, 0) is 4.57 Å². The van der Waals surface area contributed by atoms with Crippen molar-refractivity contribution in [3.8, 4) is 11.1 Å². The Morgan fingerprint density at radius 2 is 1.20 bits per heavy atom. The average Bonchev–Trinajstić information content (AvgIpc) is 2.51. The first-order chi connectivity index (χ1) is 7.21. The van der Waals surface area contributed by atoms with E-state index in [9.17, 15) is 9.46 Å². The van der Waals surface area contributed by atoms with Crippen molar-refractivity contribution in [3.63, 3.8) is 0 Å². The Bertz CT molecular complexity index is 540. The van der Waals surface area contributed by atoms with Gasteiger partial charge in [0, 0.05) is 10.6 Å². The predicted octanol–water partition coefficient (Wildman–Crippen LogP) is 1.89. The van der Waals surface area contributed by atoms with E-state index in [0.717, 1.165) is 11.1 Å². The molecule has 1 N–H and O–H groups in total. The molecule has 0 amide bonds. The number of hydrogen-bond acceptors (Lipinski definition) is 1. The van der Waals surface area contributed by atoms with Crippen LogP contribution in [0.3, 0.4) is 0 Å². The Labute approximate surface area is 87.7 Å². The van der Waals surface area contributed by atoms with Crippen LogP contribution in [0.15, 0.2) is 48.5 Å². The van der Waals surface area contributed by atoms with Gasteiger partial charge >= 0.3 is 0 Å². The van der Waals surface area contributed by atoms with Gasteiger partial charge in [-0.2, -0.15) is 0 Å². The quantitative estimate of drug-likeness (QED) is 0.683. The van der Waals surface area contributed by atoms with Crippen molar-refractivity contribution < 1.29 is 9.46 Å². The van der Waals surface area contributed by atoms with E-state index >= 15 is 0 Å². The predicted molar refractivity (Wildman–Crippen MR) is 61.0 cm³/mol. The van der Waals surface area contributed by atoms with Crippen LogP contribution < -0.4 is 10.6 Å². The zero-order chi connectivity index (χ0) is 10.5. The molecule has 1 heterocycles. The molecule has 0 radical (unpaired) electrons. The molecule has 0 atom stereocenters. The standard InChI is InChI=1S/C12H9O2P/c13-15(14)11-7-3-1-5-9(11)10-6-2-4-8-12(10)15/h1-8H,(H,13,14). The summed E-state index contributed by atoms with van der Waals surface area (Å²) in [5.41, 5.74) is 1.78. The molecule has 2 aromatic carbocycles. The highest BCUT2D eigenvalue weighted by Gasteiger charge is 2.36. The highest BCUT2D eigenvalue weighted by Crippen LogP contribution is 2.48. The van der Waals surface area contributed by atoms with E-state index in [0.29, 0.717) is 10.6 Å². The van der Waals surface area contributed by atoms with Crippen LogP contribution in [0.5, 0.6) is 0 Å². The number of rotatable bonds is 0. The molecule has 2 nitrogen and oxygen atoms in total. The molecular formula is C12H9O2P. The van der Waals surface area contributed by atoms with Crippen molar-refractivity contribution in [3.05, 3.63) is 48.5 Å². The van der Waals surface area contributed by atoms with Crippen molar-refractivity contribution >= 4 is 18.0 Å². The summed E-state index contributed by atoms with van der Waals surface area (Å²) in [4.78, 5) is 10.1. The molecule has 0 aliphatic carbocycles. The van der Waals surface area contributed by atoms with Gasteiger partial charge in [0.25, 0.3) is 7.37 Å². The van der Waals surface area contributed by atoms with Crippen molar-refractivity contribution in [1.29, 1.82) is 0 Å². The van der Waals surface area contributed by atoms with Crippen LogP contribution in [0.1, 0.15) is 0 Å². The molecule has 0 bridgehead atoms. The van der Waals surface area contributed by atoms with Crippen LogP contribution >= 0.6 is 7.37 Å². The molecule has 0 spiro atoms. The van der Waals surface area contributed by atoms with Crippen LogP contribution in [0.4, 0.5) is 0 Å². The lowest BCUT2D eigenvalue weighted by Gasteiger charge is -2.05. The van der Waals surface area contributed by atoms with E-state index in [1.165, 1.54) is 0 Å². The molecule has 15 heavy (non-hydrogen) atoms. The molecular weight excluding hydrogens is 207 g/mol. The molecule has 74 valence electrons.